The molecule has 0 fully saturated rings. The van der Waals surface area contributed by atoms with Crippen LogP contribution in [0.25, 0.3) is 0 Å². The molecule has 0 saturated carbocycles. The van der Waals surface area contributed by atoms with Gasteiger partial charge in [0.15, 0.2) is 0 Å². The summed E-state index contributed by atoms with van der Waals surface area (Å²) in [6, 6.07) is 0. The van der Waals surface area contributed by atoms with Crippen LogP contribution < -0.4 is 3.53 Å². The highest BCUT2D eigenvalue weighted by atomic mass is 127. The molecule has 2 nitrogen and oxygen atoms in total. The van der Waals surface area contributed by atoms with Crippen LogP contribution in [0.2, 0.25) is 0 Å². The quantitative estimate of drug-likeness (QED) is 0.535. The van der Waals surface area contributed by atoms with E-state index in [-0.39, 0.29) is 21.3 Å². The molecule has 0 unspecified atom stereocenters. The first-order chi connectivity index (χ1) is 3.80. The zero-order valence-electron chi connectivity index (χ0n) is 4.98. The maximum Gasteiger partial charge on any atom is 0.117 e. The summed E-state index contributed by atoms with van der Waals surface area (Å²) in [5, 5.41) is 0. The third kappa shape index (κ3) is 1.27. The lowest BCUT2D eigenvalue weighted by atomic mass is 10.2. The number of hydrogen-bond donors (Lipinski definition) is 1. The second-order valence-corrected chi connectivity index (χ2v) is 3.59. The zero-order chi connectivity index (χ0) is 5.98. The van der Waals surface area contributed by atoms with Gasteiger partial charge in [0.25, 0.3) is 0 Å². The third-order valence-corrected chi connectivity index (χ3v) is 2.37. The maximum atomic E-state index is 4.30. The standard InChI is InChI=1S/C5H9IN2/c1-4(2)5-3-7-6-8-5/h3-4H,1-2H3,(H,7,8). The SMILES string of the molecule is CC(C)C1=CNI=N1. The topological polar surface area (TPSA) is 24.4 Å². The lowest BCUT2D eigenvalue weighted by Gasteiger charge is -1.96. The van der Waals surface area contributed by atoms with Gasteiger partial charge in [0.05, 0.1) is 5.70 Å². The molecule has 0 aromatic rings. The number of nitrogens with one attached hydrogen (secondary N) is 1. The van der Waals surface area contributed by atoms with Gasteiger partial charge in [0.1, 0.15) is 21.3 Å². The molecule has 0 amide bonds. The summed E-state index contributed by atoms with van der Waals surface area (Å²) in [5.41, 5.74) is 1.23. The van der Waals surface area contributed by atoms with Gasteiger partial charge in [-0.05, 0) is 5.92 Å². The lowest BCUT2D eigenvalue weighted by molar-refractivity contribution is 0.761. The highest BCUT2D eigenvalue weighted by Crippen LogP contribution is 2.19. The van der Waals surface area contributed by atoms with Crippen molar-refractivity contribution in [3.05, 3.63) is 11.9 Å². The Labute approximate surface area is 59.9 Å². The Morgan fingerprint density at radius 3 is 2.75 bits per heavy atom. The van der Waals surface area contributed by atoms with E-state index in [0.717, 1.165) is 0 Å². The zero-order valence-corrected chi connectivity index (χ0v) is 7.14. The first kappa shape index (κ1) is 6.19. The number of allylic oxidation sites excluding steroid dienone is 1. The van der Waals surface area contributed by atoms with E-state index in [2.05, 4.69) is 20.5 Å². The Morgan fingerprint density at radius 1 is 1.75 bits per heavy atom. The summed E-state index contributed by atoms with van der Waals surface area (Å²) in [6.45, 7) is 4.32. The second kappa shape index (κ2) is 2.57. The molecule has 0 aromatic heterocycles. The van der Waals surface area contributed by atoms with Gasteiger partial charge in [-0.25, -0.2) is 3.15 Å². The molecular formula is C5H9IN2. The fourth-order valence-corrected chi connectivity index (χ4v) is 2.01. The summed E-state index contributed by atoms with van der Waals surface area (Å²) >= 11 is -0.0491. The van der Waals surface area contributed by atoms with E-state index >= 15 is 0 Å². The molecule has 0 radical (unpaired) electrons. The van der Waals surface area contributed by atoms with E-state index < -0.39 is 0 Å². The first-order valence-electron chi connectivity index (χ1n) is 2.60. The van der Waals surface area contributed by atoms with Crippen molar-refractivity contribution in [3.8, 4) is 0 Å². The van der Waals surface area contributed by atoms with Crippen LogP contribution >= 0.6 is 21.3 Å². The monoisotopic (exact) mass is 224 g/mol. The Kier molecular flexibility index (Phi) is 1.99. The summed E-state index contributed by atoms with van der Waals surface area (Å²) < 4.78 is 7.43. The molecule has 0 bridgehead atoms. The Balaban J connectivity index is 2.58. The minimum Gasteiger partial charge on any atom is -0.324 e. The van der Waals surface area contributed by atoms with Gasteiger partial charge < -0.3 is 3.53 Å². The lowest BCUT2D eigenvalue weighted by Crippen LogP contribution is -1.88. The highest BCUT2D eigenvalue weighted by molar-refractivity contribution is 14.1. The van der Waals surface area contributed by atoms with Crippen molar-refractivity contribution < 1.29 is 0 Å². The molecule has 46 valence electrons. The van der Waals surface area contributed by atoms with Crippen LogP contribution in [0, 0.1) is 5.92 Å². The van der Waals surface area contributed by atoms with Gasteiger partial charge in [-0.3, -0.25) is 0 Å². The van der Waals surface area contributed by atoms with Crippen LogP contribution in [0.1, 0.15) is 13.8 Å². The summed E-state index contributed by atoms with van der Waals surface area (Å²) in [4.78, 5) is 0. The summed E-state index contributed by atoms with van der Waals surface area (Å²) in [6.07, 6.45) is 2.03. The molecule has 0 saturated heterocycles. The van der Waals surface area contributed by atoms with Gasteiger partial charge >= 0.3 is 0 Å². The van der Waals surface area contributed by atoms with E-state index in [1.165, 1.54) is 5.70 Å². The third-order valence-electron chi connectivity index (χ3n) is 0.983. The van der Waals surface area contributed by atoms with Crippen molar-refractivity contribution in [2.24, 2.45) is 9.06 Å². The average Bonchev–Trinajstić information content (AvgIpc) is 2.12. The number of hydrogen-bond acceptors (Lipinski definition) is 2. The Morgan fingerprint density at radius 2 is 2.50 bits per heavy atom. The highest BCUT2D eigenvalue weighted by Gasteiger charge is 2.02. The molecule has 0 spiro atoms. The van der Waals surface area contributed by atoms with Gasteiger partial charge in [0, 0.05) is 6.20 Å². The average molecular weight is 224 g/mol. The van der Waals surface area contributed by atoms with Crippen molar-refractivity contribution in [1.29, 1.82) is 0 Å². The largest absolute Gasteiger partial charge is 0.324 e. The van der Waals surface area contributed by atoms with Gasteiger partial charge in [-0.15, -0.1) is 0 Å². The predicted octanol–water partition coefficient (Wildman–Crippen LogP) is 2.16. The Bertz CT molecular complexity index is 137. The van der Waals surface area contributed by atoms with E-state index in [1.54, 1.807) is 0 Å². The molecule has 1 aliphatic rings. The molecule has 1 N–H and O–H groups in total. The second-order valence-electron chi connectivity index (χ2n) is 2.00. The molecular weight excluding hydrogens is 215 g/mol. The number of nitrogens with zero attached hydrogens (tertiary/aromatic N) is 1. The summed E-state index contributed by atoms with van der Waals surface area (Å²) in [7, 11) is 0. The van der Waals surface area contributed by atoms with Crippen molar-refractivity contribution >= 4 is 21.3 Å². The fourth-order valence-electron chi connectivity index (χ4n) is 0.442. The Hall–Kier alpha value is 0.0700. The van der Waals surface area contributed by atoms with Crippen molar-refractivity contribution in [2.75, 3.05) is 0 Å². The van der Waals surface area contributed by atoms with E-state index in [1.807, 2.05) is 6.20 Å². The fraction of sp³-hybridized carbons (Fsp3) is 0.600. The van der Waals surface area contributed by atoms with Crippen LogP contribution in [0.5, 0.6) is 0 Å². The van der Waals surface area contributed by atoms with Gasteiger partial charge in [-0.2, -0.15) is 0 Å². The number of halogens is 1. The normalized spacial score (nSPS) is 17.6. The number of rotatable bonds is 1. The smallest absolute Gasteiger partial charge is 0.117 e. The molecule has 3 heteroatoms. The van der Waals surface area contributed by atoms with Crippen molar-refractivity contribution in [3.63, 3.8) is 0 Å². The van der Waals surface area contributed by atoms with Crippen LogP contribution in [-0.4, -0.2) is 0 Å². The van der Waals surface area contributed by atoms with Crippen LogP contribution in [-0.2, 0) is 0 Å². The van der Waals surface area contributed by atoms with Crippen molar-refractivity contribution in [2.45, 2.75) is 13.8 Å². The molecule has 0 aliphatic carbocycles. The van der Waals surface area contributed by atoms with Gasteiger partial charge in [0.2, 0.25) is 0 Å². The molecule has 0 aromatic carbocycles. The first-order valence-corrected chi connectivity index (χ1v) is 4.65. The van der Waals surface area contributed by atoms with E-state index in [4.69, 9.17) is 0 Å². The van der Waals surface area contributed by atoms with Crippen LogP contribution in [0.3, 0.4) is 0 Å². The molecule has 1 aliphatic heterocycles. The maximum absolute atomic E-state index is 4.30. The molecule has 8 heavy (non-hydrogen) atoms. The minimum atomic E-state index is -0.0491. The molecule has 0 atom stereocenters. The van der Waals surface area contributed by atoms with Crippen molar-refractivity contribution in [1.82, 2.24) is 3.53 Å². The van der Waals surface area contributed by atoms with Gasteiger partial charge in [-0.1, -0.05) is 13.8 Å². The predicted molar refractivity (Wildman–Crippen MR) is 42.5 cm³/mol. The summed E-state index contributed by atoms with van der Waals surface area (Å²) in [5.74, 6) is 0.602. The van der Waals surface area contributed by atoms with E-state index in [9.17, 15) is 0 Å². The minimum absolute atomic E-state index is 0.0491. The van der Waals surface area contributed by atoms with Crippen LogP contribution in [0.4, 0.5) is 0 Å². The molecule has 1 heterocycles. The van der Waals surface area contributed by atoms with E-state index in [0.29, 0.717) is 5.92 Å². The van der Waals surface area contributed by atoms with Crippen LogP contribution in [0.15, 0.2) is 15.0 Å². The molecule has 1 rings (SSSR count).